The molecule has 2 unspecified atom stereocenters. The molecule has 2 atom stereocenters. The number of rotatable bonds is 7. The van der Waals surface area contributed by atoms with Crippen LogP contribution in [0.5, 0.6) is 0 Å². The quantitative estimate of drug-likeness (QED) is 0.556. The molecule has 7 heteroatoms. The highest BCUT2D eigenvalue weighted by Crippen LogP contribution is 2.38. The van der Waals surface area contributed by atoms with Gasteiger partial charge in [-0.05, 0) is 37.3 Å². The second-order valence-electron chi connectivity index (χ2n) is 7.90. The standard InChI is InChI=1S/C21H30N4O3/c1-16-9-6-7-12-21(16)19(27)25(20(28)23-21)15-18(26)22-13-8-14-24(2)17-10-4-3-5-11-17/h3-5,10-11,16H,6-9,12-15H2,1-2H3,(H,22,26)(H,23,28). The summed E-state index contributed by atoms with van der Waals surface area (Å²) in [5.74, 6) is -0.450. The second-order valence-corrected chi connectivity index (χ2v) is 7.90. The van der Waals surface area contributed by atoms with E-state index >= 15 is 0 Å². The van der Waals surface area contributed by atoms with Gasteiger partial charge in [0.15, 0.2) is 0 Å². The van der Waals surface area contributed by atoms with E-state index in [1.54, 1.807) is 0 Å². The molecule has 1 spiro atoms. The molecule has 152 valence electrons. The zero-order valence-corrected chi connectivity index (χ0v) is 16.7. The largest absolute Gasteiger partial charge is 0.375 e. The first-order valence-corrected chi connectivity index (χ1v) is 10.1. The van der Waals surface area contributed by atoms with E-state index in [0.717, 1.165) is 42.8 Å². The van der Waals surface area contributed by atoms with Crippen LogP contribution in [-0.2, 0) is 9.59 Å². The molecule has 7 nitrogen and oxygen atoms in total. The summed E-state index contributed by atoms with van der Waals surface area (Å²) in [5.41, 5.74) is 0.314. The van der Waals surface area contributed by atoms with Crippen molar-refractivity contribution < 1.29 is 14.4 Å². The van der Waals surface area contributed by atoms with E-state index < -0.39 is 11.6 Å². The number of hydrogen-bond acceptors (Lipinski definition) is 4. The fourth-order valence-corrected chi connectivity index (χ4v) is 4.19. The van der Waals surface area contributed by atoms with Gasteiger partial charge < -0.3 is 15.5 Å². The monoisotopic (exact) mass is 386 g/mol. The summed E-state index contributed by atoms with van der Waals surface area (Å²) in [6, 6.07) is 9.59. The molecular formula is C21H30N4O3. The lowest BCUT2D eigenvalue weighted by atomic mass is 9.73. The number of hydrogen-bond donors (Lipinski definition) is 2. The zero-order chi connectivity index (χ0) is 20.1. The zero-order valence-electron chi connectivity index (χ0n) is 16.7. The highest BCUT2D eigenvalue weighted by Gasteiger charge is 2.55. The molecule has 2 N–H and O–H groups in total. The summed E-state index contributed by atoms with van der Waals surface area (Å²) in [7, 11) is 2.01. The number of urea groups is 1. The summed E-state index contributed by atoms with van der Waals surface area (Å²) in [5, 5.41) is 5.70. The van der Waals surface area contributed by atoms with Crippen molar-refractivity contribution in [2.75, 3.05) is 31.6 Å². The van der Waals surface area contributed by atoms with Crippen molar-refractivity contribution in [3.05, 3.63) is 30.3 Å². The van der Waals surface area contributed by atoms with E-state index in [4.69, 9.17) is 0 Å². The fraction of sp³-hybridized carbons (Fsp3) is 0.571. The predicted octanol–water partition coefficient (Wildman–Crippen LogP) is 2.13. The Hall–Kier alpha value is -2.57. The van der Waals surface area contributed by atoms with Crippen LogP contribution < -0.4 is 15.5 Å². The predicted molar refractivity (Wildman–Crippen MR) is 108 cm³/mol. The highest BCUT2D eigenvalue weighted by molar-refractivity contribution is 6.09. The Morgan fingerprint density at radius 1 is 1.29 bits per heavy atom. The molecule has 1 saturated carbocycles. The molecule has 4 amide bonds. The van der Waals surface area contributed by atoms with Gasteiger partial charge >= 0.3 is 6.03 Å². The van der Waals surface area contributed by atoms with Gasteiger partial charge in [0.25, 0.3) is 5.91 Å². The minimum Gasteiger partial charge on any atom is -0.375 e. The van der Waals surface area contributed by atoms with Gasteiger partial charge in [-0.15, -0.1) is 0 Å². The van der Waals surface area contributed by atoms with Crippen LogP contribution in [0.3, 0.4) is 0 Å². The van der Waals surface area contributed by atoms with Crippen LogP contribution in [-0.4, -0.2) is 55.0 Å². The van der Waals surface area contributed by atoms with Gasteiger partial charge in [0, 0.05) is 25.8 Å². The third-order valence-corrected chi connectivity index (χ3v) is 5.99. The summed E-state index contributed by atoms with van der Waals surface area (Å²) in [6.07, 6.45) is 4.34. The van der Waals surface area contributed by atoms with E-state index in [1.807, 2.05) is 44.3 Å². The van der Waals surface area contributed by atoms with Crippen molar-refractivity contribution in [1.82, 2.24) is 15.5 Å². The number of nitrogens with one attached hydrogen (secondary N) is 2. The number of imide groups is 1. The van der Waals surface area contributed by atoms with Crippen molar-refractivity contribution in [2.24, 2.45) is 5.92 Å². The average Bonchev–Trinajstić information content (AvgIpc) is 2.93. The maximum absolute atomic E-state index is 12.9. The van der Waals surface area contributed by atoms with E-state index in [2.05, 4.69) is 15.5 Å². The van der Waals surface area contributed by atoms with Gasteiger partial charge in [0.1, 0.15) is 12.1 Å². The lowest BCUT2D eigenvalue weighted by molar-refractivity contribution is -0.137. The second kappa shape index (κ2) is 8.63. The molecule has 1 aromatic rings. The first-order chi connectivity index (χ1) is 13.4. The molecular weight excluding hydrogens is 356 g/mol. The summed E-state index contributed by atoms with van der Waals surface area (Å²) >= 11 is 0. The molecule has 0 radical (unpaired) electrons. The van der Waals surface area contributed by atoms with Crippen molar-refractivity contribution in [3.63, 3.8) is 0 Å². The third kappa shape index (κ3) is 4.13. The van der Waals surface area contributed by atoms with Crippen molar-refractivity contribution in [3.8, 4) is 0 Å². The normalized spacial score (nSPS) is 24.4. The summed E-state index contributed by atoms with van der Waals surface area (Å²) < 4.78 is 0. The molecule has 1 saturated heterocycles. The van der Waals surface area contributed by atoms with E-state index in [9.17, 15) is 14.4 Å². The molecule has 1 aliphatic carbocycles. The number of anilines is 1. The smallest absolute Gasteiger partial charge is 0.325 e. The maximum atomic E-state index is 12.9. The molecule has 2 fully saturated rings. The molecule has 2 aliphatic rings. The molecule has 1 aromatic carbocycles. The fourth-order valence-electron chi connectivity index (χ4n) is 4.19. The van der Waals surface area contributed by atoms with Crippen molar-refractivity contribution in [2.45, 2.75) is 44.6 Å². The first kappa shape index (κ1) is 20.2. The summed E-state index contributed by atoms with van der Waals surface area (Å²) in [6.45, 7) is 3.09. The molecule has 1 heterocycles. The Kier molecular flexibility index (Phi) is 6.21. The SMILES string of the molecule is CC1CCCCC12NC(=O)N(CC(=O)NCCCN(C)c1ccccc1)C2=O. The average molecular weight is 386 g/mol. The van der Waals surface area contributed by atoms with Crippen LogP contribution in [0.15, 0.2) is 30.3 Å². The maximum Gasteiger partial charge on any atom is 0.325 e. The number of carbonyl (C=O) groups excluding carboxylic acids is 3. The lowest BCUT2D eigenvalue weighted by Gasteiger charge is -2.36. The number of amides is 4. The van der Waals surface area contributed by atoms with E-state index in [1.165, 1.54) is 0 Å². The molecule has 0 bridgehead atoms. The summed E-state index contributed by atoms with van der Waals surface area (Å²) in [4.78, 5) is 40.7. The number of carbonyl (C=O) groups is 3. The minimum atomic E-state index is -0.811. The number of nitrogens with zero attached hydrogens (tertiary/aromatic N) is 2. The van der Waals surface area contributed by atoms with Crippen LogP contribution in [0.1, 0.15) is 39.0 Å². The van der Waals surface area contributed by atoms with Crippen molar-refractivity contribution in [1.29, 1.82) is 0 Å². The Labute approximate surface area is 166 Å². The topological polar surface area (TPSA) is 81.8 Å². The highest BCUT2D eigenvalue weighted by atomic mass is 16.2. The Balaban J connectivity index is 1.44. The Morgan fingerprint density at radius 3 is 2.75 bits per heavy atom. The lowest BCUT2D eigenvalue weighted by Crippen LogP contribution is -2.54. The van der Waals surface area contributed by atoms with Gasteiger partial charge in [0.2, 0.25) is 5.91 Å². The number of para-hydroxylation sites is 1. The third-order valence-electron chi connectivity index (χ3n) is 5.99. The number of benzene rings is 1. The van der Waals surface area contributed by atoms with Crippen LogP contribution in [0.2, 0.25) is 0 Å². The van der Waals surface area contributed by atoms with Gasteiger partial charge in [-0.2, -0.15) is 0 Å². The van der Waals surface area contributed by atoms with Gasteiger partial charge in [-0.25, -0.2) is 4.79 Å². The van der Waals surface area contributed by atoms with Gasteiger partial charge in [-0.3, -0.25) is 14.5 Å². The van der Waals surface area contributed by atoms with Gasteiger partial charge in [-0.1, -0.05) is 38.0 Å². The van der Waals surface area contributed by atoms with E-state index in [0.29, 0.717) is 13.0 Å². The van der Waals surface area contributed by atoms with Gasteiger partial charge in [0.05, 0.1) is 0 Å². The Morgan fingerprint density at radius 2 is 2.04 bits per heavy atom. The Bertz CT molecular complexity index is 724. The van der Waals surface area contributed by atoms with Crippen LogP contribution >= 0.6 is 0 Å². The first-order valence-electron chi connectivity index (χ1n) is 10.1. The van der Waals surface area contributed by atoms with Crippen LogP contribution in [0, 0.1) is 5.92 Å². The van der Waals surface area contributed by atoms with Crippen LogP contribution in [0.4, 0.5) is 10.5 Å². The molecule has 28 heavy (non-hydrogen) atoms. The van der Waals surface area contributed by atoms with Crippen LogP contribution in [0.25, 0.3) is 0 Å². The molecule has 0 aromatic heterocycles. The van der Waals surface area contributed by atoms with E-state index in [-0.39, 0.29) is 24.3 Å². The molecule has 3 rings (SSSR count). The minimum absolute atomic E-state index is 0.0966. The molecule has 1 aliphatic heterocycles. The van der Waals surface area contributed by atoms with Crippen molar-refractivity contribution >= 4 is 23.5 Å².